The lowest BCUT2D eigenvalue weighted by molar-refractivity contribution is -0.129. The van der Waals surface area contributed by atoms with Gasteiger partial charge in [0, 0.05) is 32.1 Å². The highest BCUT2D eigenvalue weighted by Crippen LogP contribution is 2.20. The Morgan fingerprint density at radius 2 is 2.15 bits per heavy atom. The molecule has 2 atom stereocenters. The average molecular weight is 275 g/mol. The van der Waals surface area contributed by atoms with Gasteiger partial charge in [-0.25, -0.2) is 0 Å². The molecule has 1 heterocycles. The number of nitrogens with zero attached hydrogens (tertiary/aromatic N) is 1. The van der Waals surface area contributed by atoms with Crippen molar-refractivity contribution < 1.29 is 9.59 Å². The molecule has 5 heteroatoms. The first-order valence-electron chi connectivity index (χ1n) is 6.92. The fourth-order valence-electron chi connectivity index (χ4n) is 2.32. The first-order valence-corrected chi connectivity index (χ1v) is 6.92. The zero-order chi connectivity index (χ0) is 14.5. The van der Waals surface area contributed by atoms with Crippen molar-refractivity contribution in [3.05, 3.63) is 35.9 Å². The van der Waals surface area contributed by atoms with Gasteiger partial charge in [-0.15, -0.1) is 0 Å². The summed E-state index contributed by atoms with van der Waals surface area (Å²) in [6.45, 7) is 3.31. The number of nitrogens with two attached hydrogens (primary N) is 1. The van der Waals surface area contributed by atoms with Gasteiger partial charge >= 0.3 is 0 Å². The predicted molar refractivity (Wildman–Crippen MR) is 76.6 cm³/mol. The predicted octanol–water partition coefficient (Wildman–Crippen LogP) is 0.498. The van der Waals surface area contributed by atoms with Crippen LogP contribution in [0.5, 0.6) is 0 Å². The molecule has 3 N–H and O–H groups in total. The van der Waals surface area contributed by atoms with Crippen molar-refractivity contribution in [1.29, 1.82) is 0 Å². The molecule has 1 unspecified atom stereocenters. The van der Waals surface area contributed by atoms with Gasteiger partial charge in [0.2, 0.25) is 11.8 Å². The number of hydrogen-bond acceptors (Lipinski definition) is 3. The third-order valence-corrected chi connectivity index (χ3v) is 3.54. The van der Waals surface area contributed by atoms with Crippen molar-refractivity contribution >= 4 is 11.8 Å². The Bertz CT molecular complexity index is 475. The van der Waals surface area contributed by atoms with Gasteiger partial charge in [-0.2, -0.15) is 0 Å². The van der Waals surface area contributed by atoms with E-state index in [0.29, 0.717) is 19.6 Å². The number of hydrogen-bond donors (Lipinski definition) is 2. The van der Waals surface area contributed by atoms with Gasteiger partial charge in [0.1, 0.15) is 0 Å². The SMILES string of the molecule is C[C@@H](CN)NC(=O)C1CC(=O)N(Cc2ccccc2)C1. The lowest BCUT2D eigenvalue weighted by Gasteiger charge is -2.18. The van der Waals surface area contributed by atoms with Crippen LogP contribution in [-0.2, 0) is 16.1 Å². The molecule has 20 heavy (non-hydrogen) atoms. The van der Waals surface area contributed by atoms with Gasteiger partial charge in [0.05, 0.1) is 5.92 Å². The lowest BCUT2D eigenvalue weighted by atomic mass is 10.1. The Morgan fingerprint density at radius 3 is 2.80 bits per heavy atom. The lowest BCUT2D eigenvalue weighted by Crippen LogP contribution is -2.41. The molecule has 0 radical (unpaired) electrons. The second-order valence-electron chi connectivity index (χ2n) is 5.31. The highest BCUT2D eigenvalue weighted by atomic mass is 16.2. The van der Waals surface area contributed by atoms with Crippen molar-refractivity contribution in [2.45, 2.75) is 25.9 Å². The van der Waals surface area contributed by atoms with Gasteiger partial charge < -0.3 is 16.0 Å². The van der Waals surface area contributed by atoms with Gasteiger partial charge in [-0.05, 0) is 12.5 Å². The fraction of sp³-hybridized carbons (Fsp3) is 0.467. The van der Waals surface area contributed by atoms with Crippen molar-refractivity contribution in [3.63, 3.8) is 0 Å². The summed E-state index contributed by atoms with van der Waals surface area (Å²) in [5.41, 5.74) is 6.56. The van der Waals surface area contributed by atoms with Crippen LogP contribution in [0.15, 0.2) is 30.3 Å². The maximum atomic E-state index is 12.0. The highest BCUT2D eigenvalue weighted by Gasteiger charge is 2.34. The van der Waals surface area contributed by atoms with E-state index in [1.54, 1.807) is 4.90 Å². The van der Waals surface area contributed by atoms with Crippen LogP contribution in [0.4, 0.5) is 0 Å². The van der Waals surface area contributed by atoms with E-state index in [9.17, 15) is 9.59 Å². The Morgan fingerprint density at radius 1 is 1.45 bits per heavy atom. The van der Waals surface area contributed by atoms with E-state index >= 15 is 0 Å². The molecule has 108 valence electrons. The third kappa shape index (κ3) is 3.57. The summed E-state index contributed by atoms with van der Waals surface area (Å²) < 4.78 is 0. The standard InChI is InChI=1S/C15H21N3O2/c1-11(8-16)17-15(20)13-7-14(19)18(10-13)9-12-5-3-2-4-6-12/h2-6,11,13H,7-10,16H2,1H3,(H,17,20)/t11-,13?/m0/s1. The fourth-order valence-corrected chi connectivity index (χ4v) is 2.32. The molecular weight excluding hydrogens is 254 g/mol. The molecule has 0 bridgehead atoms. The number of carbonyl (C=O) groups excluding carboxylic acids is 2. The average Bonchev–Trinajstić information content (AvgIpc) is 2.81. The largest absolute Gasteiger partial charge is 0.352 e. The van der Waals surface area contributed by atoms with Crippen LogP contribution in [0.2, 0.25) is 0 Å². The van der Waals surface area contributed by atoms with Gasteiger partial charge in [0.15, 0.2) is 0 Å². The molecule has 1 aliphatic rings. The van der Waals surface area contributed by atoms with Gasteiger partial charge in [0.25, 0.3) is 0 Å². The zero-order valence-corrected chi connectivity index (χ0v) is 11.7. The van der Waals surface area contributed by atoms with E-state index in [1.807, 2.05) is 37.3 Å². The van der Waals surface area contributed by atoms with Crippen LogP contribution in [0.1, 0.15) is 18.9 Å². The summed E-state index contributed by atoms with van der Waals surface area (Å²) in [5, 5.41) is 2.83. The van der Waals surface area contributed by atoms with Crippen molar-refractivity contribution in [1.82, 2.24) is 10.2 Å². The normalized spacial score (nSPS) is 20.0. The Balaban J connectivity index is 1.92. The molecule has 1 aliphatic heterocycles. The molecule has 2 rings (SSSR count). The van der Waals surface area contributed by atoms with Crippen LogP contribution in [0, 0.1) is 5.92 Å². The van der Waals surface area contributed by atoms with Crippen LogP contribution in [-0.4, -0.2) is 35.8 Å². The van der Waals surface area contributed by atoms with E-state index in [1.165, 1.54) is 0 Å². The highest BCUT2D eigenvalue weighted by molar-refractivity contribution is 5.89. The molecule has 1 saturated heterocycles. The first-order chi connectivity index (χ1) is 9.60. The number of rotatable bonds is 5. The summed E-state index contributed by atoms with van der Waals surface area (Å²) >= 11 is 0. The molecule has 2 amide bonds. The second kappa shape index (κ2) is 6.52. The maximum Gasteiger partial charge on any atom is 0.225 e. The zero-order valence-electron chi connectivity index (χ0n) is 11.7. The molecule has 0 aliphatic carbocycles. The minimum Gasteiger partial charge on any atom is -0.352 e. The van der Waals surface area contributed by atoms with E-state index in [0.717, 1.165) is 5.56 Å². The molecule has 1 fully saturated rings. The maximum absolute atomic E-state index is 12.0. The quantitative estimate of drug-likeness (QED) is 0.821. The molecule has 5 nitrogen and oxygen atoms in total. The van der Waals surface area contributed by atoms with Crippen LogP contribution in [0.3, 0.4) is 0 Å². The number of carbonyl (C=O) groups is 2. The second-order valence-corrected chi connectivity index (χ2v) is 5.31. The monoisotopic (exact) mass is 275 g/mol. The van der Waals surface area contributed by atoms with Gasteiger partial charge in [-0.3, -0.25) is 9.59 Å². The smallest absolute Gasteiger partial charge is 0.225 e. The van der Waals surface area contributed by atoms with Crippen LogP contribution in [0.25, 0.3) is 0 Å². The summed E-state index contributed by atoms with van der Waals surface area (Å²) in [4.78, 5) is 25.7. The number of nitrogens with one attached hydrogen (secondary N) is 1. The molecule has 1 aromatic carbocycles. The first kappa shape index (κ1) is 14.5. The number of amides is 2. The van der Waals surface area contributed by atoms with E-state index in [-0.39, 0.29) is 30.2 Å². The summed E-state index contributed by atoms with van der Waals surface area (Å²) in [7, 11) is 0. The topological polar surface area (TPSA) is 75.4 Å². The third-order valence-electron chi connectivity index (χ3n) is 3.54. The molecule has 0 aromatic heterocycles. The summed E-state index contributed by atoms with van der Waals surface area (Å²) in [6, 6.07) is 9.75. The Hall–Kier alpha value is -1.88. The van der Waals surface area contributed by atoms with E-state index < -0.39 is 0 Å². The summed E-state index contributed by atoms with van der Waals surface area (Å²) in [6.07, 6.45) is 0.288. The number of likely N-dealkylation sites (tertiary alicyclic amines) is 1. The molecular formula is C15H21N3O2. The van der Waals surface area contributed by atoms with E-state index in [4.69, 9.17) is 5.73 Å². The van der Waals surface area contributed by atoms with Crippen LogP contribution < -0.4 is 11.1 Å². The van der Waals surface area contributed by atoms with E-state index in [2.05, 4.69) is 5.32 Å². The minimum atomic E-state index is -0.264. The Labute approximate surface area is 119 Å². The molecule has 0 spiro atoms. The summed E-state index contributed by atoms with van der Waals surface area (Å²) in [5.74, 6) is -0.304. The molecule has 0 saturated carbocycles. The molecule has 1 aromatic rings. The van der Waals surface area contributed by atoms with Crippen molar-refractivity contribution in [2.75, 3.05) is 13.1 Å². The Kier molecular flexibility index (Phi) is 4.74. The number of benzene rings is 1. The van der Waals surface area contributed by atoms with Crippen molar-refractivity contribution in [2.24, 2.45) is 11.7 Å². The van der Waals surface area contributed by atoms with Gasteiger partial charge in [-0.1, -0.05) is 30.3 Å². The van der Waals surface area contributed by atoms with Crippen LogP contribution >= 0.6 is 0 Å². The van der Waals surface area contributed by atoms with Crippen molar-refractivity contribution in [3.8, 4) is 0 Å². The minimum absolute atomic E-state index is 0.0365.